The lowest BCUT2D eigenvalue weighted by atomic mass is 10.1. The Bertz CT molecular complexity index is 114. The zero-order valence-electron chi connectivity index (χ0n) is 12.1. The largest absolute Gasteiger partial charge is 0.381 e. The molecule has 0 saturated carbocycles. The highest BCUT2D eigenvalue weighted by Gasteiger charge is 1.92. The van der Waals surface area contributed by atoms with Gasteiger partial charge in [0.2, 0.25) is 0 Å². The van der Waals surface area contributed by atoms with Gasteiger partial charge in [-0.25, -0.2) is 0 Å². The van der Waals surface area contributed by atoms with Crippen LogP contribution in [-0.2, 0) is 4.74 Å². The number of ether oxygens (including phenoxy) is 1. The maximum atomic E-state index is 5.62. The first-order chi connectivity index (χ1) is 8.41. The second-order valence-electron chi connectivity index (χ2n) is 4.84. The van der Waals surface area contributed by atoms with Crippen LogP contribution in [-0.4, -0.2) is 26.3 Å². The minimum atomic E-state index is 0.947. The van der Waals surface area contributed by atoms with E-state index in [1.165, 1.54) is 57.8 Å². The van der Waals surface area contributed by atoms with E-state index in [9.17, 15) is 0 Å². The Balaban J connectivity index is 2.85. The molecular formula is C15H33NO. The maximum absolute atomic E-state index is 5.62. The van der Waals surface area contributed by atoms with Gasteiger partial charge in [0, 0.05) is 13.2 Å². The smallest absolute Gasteiger partial charge is 0.0466 e. The molecule has 0 heterocycles. The highest BCUT2D eigenvalue weighted by molar-refractivity contribution is 4.47. The summed E-state index contributed by atoms with van der Waals surface area (Å²) in [5, 5.41) is 3.41. The molecule has 0 aliphatic heterocycles. The van der Waals surface area contributed by atoms with Gasteiger partial charge in [0.05, 0.1) is 0 Å². The fraction of sp³-hybridized carbons (Fsp3) is 1.00. The number of hydrogen-bond donors (Lipinski definition) is 1. The van der Waals surface area contributed by atoms with Gasteiger partial charge in [-0.1, -0.05) is 46.0 Å². The molecule has 1 N–H and O–H groups in total. The second-order valence-corrected chi connectivity index (χ2v) is 4.84. The van der Waals surface area contributed by atoms with Crippen molar-refractivity contribution in [3.05, 3.63) is 0 Å². The molecule has 0 aromatic rings. The molecule has 0 aromatic heterocycles. The molecule has 0 aromatic carbocycles. The summed E-state index contributed by atoms with van der Waals surface area (Å²) in [6.45, 7) is 8.68. The molecule has 2 nitrogen and oxygen atoms in total. The monoisotopic (exact) mass is 243 g/mol. The first-order valence-corrected chi connectivity index (χ1v) is 7.70. The van der Waals surface area contributed by atoms with Gasteiger partial charge in [-0.3, -0.25) is 0 Å². The summed E-state index contributed by atoms with van der Waals surface area (Å²) in [7, 11) is 0. The van der Waals surface area contributed by atoms with Crippen LogP contribution in [0.25, 0.3) is 0 Å². The Kier molecular flexibility index (Phi) is 15.8. The minimum absolute atomic E-state index is 0.947. The van der Waals surface area contributed by atoms with Gasteiger partial charge >= 0.3 is 0 Å². The lowest BCUT2D eigenvalue weighted by molar-refractivity contribution is 0.126. The second kappa shape index (κ2) is 15.9. The van der Waals surface area contributed by atoms with Crippen LogP contribution >= 0.6 is 0 Å². The van der Waals surface area contributed by atoms with E-state index in [4.69, 9.17) is 4.74 Å². The molecule has 0 bridgehead atoms. The summed E-state index contributed by atoms with van der Waals surface area (Å²) in [5.41, 5.74) is 0. The van der Waals surface area contributed by atoms with Crippen molar-refractivity contribution in [2.75, 3.05) is 26.3 Å². The molecule has 0 amide bonds. The van der Waals surface area contributed by atoms with Crippen molar-refractivity contribution in [1.29, 1.82) is 0 Å². The number of unbranched alkanes of at least 4 members (excludes halogenated alkanes) is 6. The van der Waals surface area contributed by atoms with Gasteiger partial charge in [0.1, 0.15) is 0 Å². The van der Waals surface area contributed by atoms with E-state index < -0.39 is 0 Å². The fourth-order valence-corrected chi connectivity index (χ4v) is 1.84. The number of nitrogens with one attached hydrogen (secondary N) is 1. The van der Waals surface area contributed by atoms with E-state index in [1.54, 1.807) is 0 Å². The molecule has 2 heteroatoms. The summed E-state index contributed by atoms with van der Waals surface area (Å²) in [6.07, 6.45) is 11.8. The third-order valence-corrected chi connectivity index (χ3v) is 2.96. The summed E-state index contributed by atoms with van der Waals surface area (Å²) < 4.78 is 5.62. The topological polar surface area (TPSA) is 21.3 Å². The molecule has 0 rings (SSSR count). The van der Waals surface area contributed by atoms with Gasteiger partial charge in [-0.05, 0) is 38.8 Å². The molecule has 0 radical (unpaired) electrons. The maximum Gasteiger partial charge on any atom is 0.0466 e. The normalized spacial score (nSPS) is 10.9. The van der Waals surface area contributed by atoms with Crippen LogP contribution in [0.15, 0.2) is 0 Å². The third kappa shape index (κ3) is 15.9. The minimum Gasteiger partial charge on any atom is -0.381 e. The van der Waals surface area contributed by atoms with E-state index in [1.807, 2.05) is 0 Å². The molecule has 0 atom stereocenters. The standard InChI is InChI=1S/C15H33NO/c1-3-5-6-7-8-10-14-17-15-11-9-13-16-12-4-2/h16H,3-15H2,1-2H3. The zero-order valence-corrected chi connectivity index (χ0v) is 12.1. The van der Waals surface area contributed by atoms with Gasteiger partial charge in [0.15, 0.2) is 0 Å². The summed E-state index contributed by atoms with van der Waals surface area (Å²) in [4.78, 5) is 0. The van der Waals surface area contributed by atoms with Crippen LogP contribution < -0.4 is 5.32 Å². The van der Waals surface area contributed by atoms with Gasteiger partial charge in [-0.2, -0.15) is 0 Å². The van der Waals surface area contributed by atoms with Crippen molar-refractivity contribution in [2.24, 2.45) is 0 Å². The van der Waals surface area contributed by atoms with Crippen LogP contribution in [0, 0.1) is 0 Å². The van der Waals surface area contributed by atoms with Crippen molar-refractivity contribution in [2.45, 2.75) is 71.6 Å². The molecule has 104 valence electrons. The first-order valence-electron chi connectivity index (χ1n) is 7.70. The van der Waals surface area contributed by atoms with Crippen LogP contribution in [0.3, 0.4) is 0 Å². The SMILES string of the molecule is CCCCCCCCOCCCCNCCC. The van der Waals surface area contributed by atoms with Crippen LogP contribution in [0.4, 0.5) is 0 Å². The van der Waals surface area contributed by atoms with Gasteiger partial charge in [-0.15, -0.1) is 0 Å². The van der Waals surface area contributed by atoms with E-state index >= 15 is 0 Å². The Morgan fingerprint density at radius 2 is 1.29 bits per heavy atom. The lowest BCUT2D eigenvalue weighted by Crippen LogP contribution is -2.16. The third-order valence-electron chi connectivity index (χ3n) is 2.96. The summed E-state index contributed by atoms with van der Waals surface area (Å²) in [5.74, 6) is 0. The van der Waals surface area contributed by atoms with E-state index in [2.05, 4.69) is 19.2 Å². The predicted molar refractivity (Wildman–Crippen MR) is 76.6 cm³/mol. The molecule has 17 heavy (non-hydrogen) atoms. The highest BCUT2D eigenvalue weighted by Crippen LogP contribution is 2.04. The van der Waals surface area contributed by atoms with Gasteiger partial charge < -0.3 is 10.1 Å². The number of hydrogen-bond acceptors (Lipinski definition) is 2. The molecular weight excluding hydrogens is 210 g/mol. The molecule has 0 spiro atoms. The summed E-state index contributed by atoms with van der Waals surface area (Å²) in [6, 6.07) is 0. The number of rotatable bonds is 14. The van der Waals surface area contributed by atoms with Crippen LogP contribution in [0.1, 0.15) is 71.6 Å². The molecule has 0 aliphatic carbocycles. The Morgan fingerprint density at radius 3 is 2.00 bits per heavy atom. The Morgan fingerprint density at radius 1 is 0.647 bits per heavy atom. The zero-order chi connectivity index (χ0) is 12.6. The summed E-state index contributed by atoms with van der Waals surface area (Å²) >= 11 is 0. The molecule has 0 aliphatic rings. The van der Waals surface area contributed by atoms with Crippen molar-refractivity contribution in [3.63, 3.8) is 0 Å². The quantitative estimate of drug-likeness (QED) is 0.463. The molecule has 0 fully saturated rings. The van der Waals surface area contributed by atoms with Crippen LogP contribution in [0.2, 0.25) is 0 Å². The average molecular weight is 243 g/mol. The van der Waals surface area contributed by atoms with Crippen molar-refractivity contribution >= 4 is 0 Å². The first kappa shape index (κ1) is 16.9. The molecule has 0 saturated heterocycles. The Labute approximate surface area is 109 Å². The fourth-order valence-electron chi connectivity index (χ4n) is 1.84. The van der Waals surface area contributed by atoms with Crippen molar-refractivity contribution in [1.82, 2.24) is 5.32 Å². The van der Waals surface area contributed by atoms with Crippen LogP contribution in [0.5, 0.6) is 0 Å². The van der Waals surface area contributed by atoms with Crippen molar-refractivity contribution in [3.8, 4) is 0 Å². The van der Waals surface area contributed by atoms with Gasteiger partial charge in [0.25, 0.3) is 0 Å². The molecule has 0 unspecified atom stereocenters. The predicted octanol–water partition coefficient (Wildman–Crippen LogP) is 4.14. The van der Waals surface area contributed by atoms with E-state index in [-0.39, 0.29) is 0 Å². The van der Waals surface area contributed by atoms with E-state index in [0.29, 0.717) is 0 Å². The lowest BCUT2D eigenvalue weighted by Gasteiger charge is -2.05. The highest BCUT2D eigenvalue weighted by atomic mass is 16.5. The van der Waals surface area contributed by atoms with E-state index in [0.717, 1.165) is 26.3 Å². The van der Waals surface area contributed by atoms with Crippen molar-refractivity contribution < 1.29 is 4.74 Å². The average Bonchev–Trinajstić information content (AvgIpc) is 2.35. The Hall–Kier alpha value is -0.0800.